The Kier molecular flexibility index (Phi) is 11.2. The molecule has 0 fully saturated rings. The van der Waals surface area contributed by atoms with Crippen LogP contribution in [-0.2, 0) is 9.59 Å². The van der Waals surface area contributed by atoms with Crippen molar-refractivity contribution in [3.05, 3.63) is 156 Å². The van der Waals surface area contributed by atoms with Crippen molar-refractivity contribution in [2.75, 3.05) is 17.3 Å². The Morgan fingerprint density at radius 2 is 1.30 bits per heavy atom. The average molecular weight is 642 g/mol. The molecular weight excluding hydrogens is 607 g/mol. The molecule has 2 N–H and O–H groups in total. The van der Waals surface area contributed by atoms with Crippen molar-refractivity contribution in [1.82, 2.24) is 5.32 Å². The molecule has 0 saturated heterocycles. The molecule has 5 rings (SSSR count). The van der Waals surface area contributed by atoms with E-state index in [-0.39, 0.29) is 16.9 Å². The molecule has 5 aromatic carbocycles. The molecular formula is C39H35N3O4S. The molecule has 0 aromatic heterocycles. The minimum absolute atomic E-state index is 0.0188. The monoisotopic (exact) mass is 641 g/mol. The number of rotatable bonds is 12. The predicted molar refractivity (Wildman–Crippen MR) is 190 cm³/mol. The summed E-state index contributed by atoms with van der Waals surface area (Å²) in [7, 11) is 1.58. The maximum Gasteiger partial charge on any atom is 0.272 e. The Morgan fingerprint density at radius 1 is 0.745 bits per heavy atom. The van der Waals surface area contributed by atoms with Crippen LogP contribution in [0.5, 0.6) is 5.75 Å². The molecule has 7 nitrogen and oxygen atoms in total. The second kappa shape index (κ2) is 16.1. The van der Waals surface area contributed by atoms with Gasteiger partial charge in [0.05, 0.1) is 12.4 Å². The molecule has 1 unspecified atom stereocenters. The molecule has 0 spiro atoms. The number of hydrogen-bond donors (Lipinski definition) is 2. The van der Waals surface area contributed by atoms with E-state index in [0.717, 1.165) is 16.3 Å². The van der Waals surface area contributed by atoms with E-state index in [9.17, 15) is 14.4 Å². The molecule has 1 atom stereocenters. The standard InChI is InChI=1S/C39H35N3O4S/c1-3-36(39(45)42(31-15-9-5-10-16-31)32-17-11-6-12-18-32)47-34-25-21-30(22-26-34)40-38(44)35(27-28-19-23-33(46-2)24-20-28)41-37(43)29-13-7-4-8-14-29/h4-27,36H,3H2,1-2H3,(H,40,44)(H,41,43)/b35-27-. The van der Waals surface area contributed by atoms with Gasteiger partial charge in [0.15, 0.2) is 0 Å². The van der Waals surface area contributed by atoms with Crippen LogP contribution in [0, 0.1) is 0 Å². The average Bonchev–Trinajstić information content (AvgIpc) is 3.12. The number of thioether (sulfide) groups is 1. The van der Waals surface area contributed by atoms with Crippen molar-refractivity contribution in [2.45, 2.75) is 23.5 Å². The number of amides is 3. The maximum absolute atomic E-state index is 13.9. The van der Waals surface area contributed by atoms with Crippen molar-refractivity contribution in [3.8, 4) is 5.75 Å². The number of methoxy groups -OCH3 is 1. The minimum atomic E-state index is -0.478. The van der Waals surface area contributed by atoms with Gasteiger partial charge in [0.2, 0.25) is 5.91 Å². The van der Waals surface area contributed by atoms with Gasteiger partial charge in [-0.05, 0) is 90.9 Å². The molecule has 0 aliphatic heterocycles. The third-order valence-electron chi connectivity index (χ3n) is 7.24. The van der Waals surface area contributed by atoms with Crippen LogP contribution < -0.4 is 20.3 Å². The molecule has 0 aliphatic carbocycles. The number of hydrogen-bond acceptors (Lipinski definition) is 5. The fourth-order valence-corrected chi connectivity index (χ4v) is 5.79. The van der Waals surface area contributed by atoms with Gasteiger partial charge in [0, 0.05) is 27.5 Å². The van der Waals surface area contributed by atoms with Gasteiger partial charge in [-0.1, -0.05) is 73.7 Å². The number of nitrogens with zero attached hydrogens (tertiary/aromatic N) is 1. The molecule has 0 radical (unpaired) electrons. The summed E-state index contributed by atoms with van der Waals surface area (Å²) in [5.41, 5.74) is 3.38. The van der Waals surface area contributed by atoms with Crippen molar-refractivity contribution in [2.24, 2.45) is 0 Å². The molecule has 3 amide bonds. The summed E-state index contributed by atoms with van der Waals surface area (Å²) in [6, 6.07) is 42.5. The lowest BCUT2D eigenvalue weighted by molar-refractivity contribution is -0.117. The number of para-hydroxylation sites is 2. The fraction of sp³-hybridized carbons (Fsp3) is 0.103. The first-order valence-corrected chi connectivity index (χ1v) is 16.1. The highest BCUT2D eigenvalue weighted by atomic mass is 32.2. The number of carbonyl (C=O) groups excluding carboxylic acids is 3. The van der Waals surface area contributed by atoms with Crippen molar-refractivity contribution < 1.29 is 19.1 Å². The number of benzene rings is 5. The van der Waals surface area contributed by atoms with E-state index in [1.165, 1.54) is 11.8 Å². The molecule has 236 valence electrons. The fourth-order valence-electron chi connectivity index (χ4n) is 4.80. The van der Waals surface area contributed by atoms with Crippen LogP contribution in [0.1, 0.15) is 29.3 Å². The lowest BCUT2D eigenvalue weighted by Gasteiger charge is -2.27. The van der Waals surface area contributed by atoms with Crippen LogP contribution >= 0.6 is 11.8 Å². The Balaban J connectivity index is 1.31. The lowest BCUT2D eigenvalue weighted by Crippen LogP contribution is -2.34. The van der Waals surface area contributed by atoms with E-state index < -0.39 is 11.8 Å². The Bertz CT molecular complexity index is 1770. The molecule has 0 bridgehead atoms. The van der Waals surface area contributed by atoms with Crippen LogP contribution in [0.4, 0.5) is 17.1 Å². The summed E-state index contributed by atoms with van der Waals surface area (Å²) < 4.78 is 5.24. The van der Waals surface area contributed by atoms with E-state index in [4.69, 9.17) is 4.74 Å². The van der Waals surface area contributed by atoms with Crippen LogP contribution in [0.2, 0.25) is 0 Å². The zero-order chi connectivity index (χ0) is 33.0. The van der Waals surface area contributed by atoms with E-state index in [0.29, 0.717) is 29.0 Å². The number of carbonyl (C=O) groups is 3. The van der Waals surface area contributed by atoms with E-state index in [1.54, 1.807) is 78.7 Å². The Hall–Kier alpha value is -5.60. The second-order valence-corrected chi connectivity index (χ2v) is 11.8. The van der Waals surface area contributed by atoms with Gasteiger partial charge in [0.1, 0.15) is 11.4 Å². The molecule has 0 saturated carbocycles. The highest BCUT2D eigenvalue weighted by Crippen LogP contribution is 2.33. The van der Waals surface area contributed by atoms with Crippen LogP contribution in [0.25, 0.3) is 6.08 Å². The van der Waals surface area contributed by atoms with Crippen LogP contribution in [0.15, 0.2) is 150 Å². The van der Waals surface area contributed by atoms with E-state index in [2.05, 4.69) is 10.6 Å². The summed E-state index contributed by atoms with van der Waals surface area (Å²) in [6.45, 7) is 2.00. The van der Waals surface area contributed by atoms with Gasteiger partial charge >= 0.3 is 0 Å². The van der Waals surface area contributed by atoms with Gasteiger partial charge in [0.25, 0.3) is 11.8 Å². The highest BCUT2D eigenvalue weighted by molar-refractivity contribution is 8.00. The molecule has 0 aliphatic rings. The maximum atomic E-state index is 13.9. The third-order valence-corrected chi connectivity index (χ3v) is 8.61. The predicted octanol–water partition coefficient (Wildman–Crippen LogP) is 8.34. The number of anilines is 3. The van der Waals surface area contributed by atoms with Gasteiger partial charge in [-0.3, -0.25) is 19.3 Å². The summed E-state index contributed by atoms with van der Waals surface area (Å²) in [5, 5.41) is 5.30. The Labute approximate surface area is 279 Å². The van der Waals surface area contributed by atoms with Crippen LogP contribution in [-0.4, -0.2) is 30.1 Å². The normalized spacial score (nSPS) is 11.7. The van der Waals surface area contributed by atoms with Gasteiger partial charge in [-0.25, -0.2) is 0 Å². The van der Waals surface area contributed by atoms with Gasteiger partial charge in [-0.15, -0.1) is 11.8 Å². The summed E-state index contributed by atoms with van der Waals surface area (Å²) in [6.07, 6.45) is 2.24. The molecule has 0 heterocycles. The van der Waals surface area contributed by atoms with Crippen molar-refractivity contribution >= 4 is 52.6 Å². The number of nitrogens with one attached hydrogen (secondary N) is 2. The first kappa shape index (κ1) is 32.8. The van der Waals surface area contributed by atoms with E-state index >= 15 is 0 Å². The quantitative estimate of drug-likeness (QED) is 0.106. The topological polar surface area (TPSA) is 87.7 Å². The highest BCUT2D eigenvalue weighted by Gasteiger charge is 2.26. The second-order valence-electron chi connectivity index (χ2n) is 10.5. The first-order chi connectivity index (χ1) is 22.9. The third kappa shape index (κ3) is 8.77. The smallest absolute Gasteiger partial charge is 0.272 e. The molecule has 8 heteroatoms. The SMILES string of the molecule is CCC(Sc1ccc(NC(=O)/C(=C/c2ccc(OC)cc2)NC(=O)c2ccccc2)cc1)C(=O)N(c1ccccc1)c1ccccc1. The minimum Gasteiger partial charge on any atom is -0.497 e. The van der Waals surface area contributed by atoms with Crippen molar-refractivity contribution in [1.29, 1.82) is 0 Å². The molecule has 47 heavy (non-hydrogen) atoms. The Morgan fingerprint density at radius 3 is 1.83 bits per heavy atom. The zero-order valence-electron chi connectivity index (χ0n) is 26.1. The zero-order valence-corrected chi connectivity index (χ0v) is 26.9. The number of ether oxygens (including phenoxy) is 1. The summed E-state index contributed by atoms with van der Waals surface area (Å²) in [4.78, 5) is 43.0. The van der Waals surface area contributed by atoms with Gasteiger partial charge < -0.3 is 15.4 Å². The van der Waals surface area contributed by atoms with E-state index in [1.807, 2.05) is 85.8 Å². The largest absolute Gasteiger partial charge is 0.497 e. The summed E-state index contributed by atoms with van der Waals surface area (Å²) >= 11 is 1.48. The lowest BCUT2D eigenvalue weighted by atomic mass is 10.1. The van der Waals surface area contributed by atoms with Gasteiger partial charge in [-0.2, -0.15) is 0 Å². The first-order valence-electron chi connectivity index (χ1n) is 15.2. The molecule has 5 aromatic rings. The van der Waals surface area contributed by atoms with Crippen molar-refractivity contribution in [3.63, 3.8) is 0 Å². The van der Waals surface area contributed by atoms with Crippen LogP contribution in [0.3, 0.4) is 0 Å². The summed E-state index contributed by atoms with van der Waals surface area (Å²) in [5.74, 6) is -0.218.